The summed E-state index contributed by atoms with van der Waals surface area (Å²) < 4.78 is 0. The van der Waals surface area contributed by atoms with Crippen molar-refractivity contribution in [1.29, 1.82) is 0 Å². The predicted molar refractivity (Wildman–Crippen MR) is 77.6 cm³/mol. The van der Waals surface area contributed by atoms with Crippen LogP contribution in [0.2, 0.25) is 0 Å². The summed E-state index contributed by atoms with van der Waals surface area (Å²) in [6.45, 7) is 7.11. The van der Waals surface area contributed by atoms with Crippen LogP contribution < -0.4 is 11.1 Å². The van der Waals surface area contributed by atoms with Crippen LogP contribution in [0.15, 0.2) is 29.6 Å². The summed E-state index contributed by atoms with van der Waals surface area (Å²) in [7, 11) is 0. The van der Waals surface area contributed by atoms with Gasteiger partial charge in [-0.25, -0.2) is 4.98 Å². The number of nitrogen functional groups attached to an aromatic ring is 1. The van der Waals surface area contributed by atoms with Crippen LogP contribution >= 0.6 is 11.3 Å². The summed E-state index contributed by atoms with van der Waals surface area (Å²) in [5, 5.41) is 6.72. The number of aromatic nitrogens is 1. The first-order chi connectivity index (χ1) is 8.47. The Kier molecular flexibility index (Phi) is 3.68. The molecule has 1 heterocycles. The molecular formula is C14H19N3S. The molecule has 0 saturated carbocycles. The summed E-state index contributed by atoms with van der Waals surface area (Å²) in [5.41, 5.74) is 8.72. The molecule has 0 unspecified atom stereocenters. The van der Waals surface area contributed by atoms with Crippen LogP contribution in [-0.2, 0) is 12.1 Å². The van der Waals surface area contributed by atoms with E-state index in [-0.39, 0.29) is 5.54 Å². The summed E-state index contributed by atoms with van der Waals surface area (Å²) in [4.78, 5) is 4.54. The molecule has 96 valence electrons. The van der Waals surface area contributed by atoms with E-state index in [9.17, 15) is 0 Å². The lowest BCUT2D eigenvalue weighted by Gasteiger charge is -2.24. The third-order valence-electron chi connectivity index (χ3n) is 2.84. The SMILES string of the molecule is Cc1csc(C(C)(C)NCc2cccc(N)c2)n1. The van der Waals surface area contributed by atoms with Gasteiger partial charge in [-0.3, -0.25) is 0 Å². The smallest absolute Gasteiger partial charge is 0.112 e. The van der Waals surface area contributed by atoms with Crippen molar-refractivity contribution in [1.82, 2.24) is 10.3 Å². The van der Waals surface area contributed by atoms with Gasteiger partial charge in [0.2, 0.25) is 0 Å². The summed E-state index contributed by atoms with van der Waals surface area (Å²) in [6.07, 6.45) is 0. The number of thiazole rings is 1. The minimum Gasteiger partial charge on any atom is -0.399 e. The van der Waals surface area contributed by atoms with Crippen molar-refractivity contribution in [3.05, 3.63) is 45.9 Å². The molecule has 0 aliphatic heterocycles. The van der Waals surface area contributed by atoms with E-state index in [0.717, 1.165) is 22.9 Å². The topological polar surface area (TPSA) is 50.9 Å². The fourth-order valence-electron chi connectivity index (χ4n) is 1.74. The average Bonchev–Trinajstić information content (AvgIpc) is 2.74. The van der Waals surface area contributed by atoms with Crippen molar-refractivity contribution in [3.63, 3.8) is 0 Å². The molecule has 0 atom stereocenters. The Morgan fingerprint density at radius 2 is 2.17 bits per heavy atom. The van der Waals surface area contributed by atoms with Gasteiger partial charge in [-0.1, -0.05) is 12.1 Å². The van der Waals surface area contributed by atoms with Gasteiger partial charge in [0.1, 0.15) is 5.01 Å². The van der Waals surface area contributed by atoms with Crippen LogP contribution in [-0.4, -0.2) is 4.98 Å². The van der Waals surface area contributed by atoms with E-state index in [4.69, 9.17) is 5.73 Å². The van der Waals surface area contributed by atoms with Gasteiger partial charge in [0.25, 0.3) is 0 Å². The zero-order valence-corrected chi connectivity index (χ0v) is 11.8. The van der Waals surface area contributed by atoms with Gasteiger partial charge in [-0.15, -0.1) is 11.3 Å². The van der Waals surface area contributed by atoms with Crippen LogP contribution in [0.5, 0.6) is 0 Å². The summed E-state index contributed by atoms with van der Waals surface area (Å²) in [5.74, 6) is 0. The third-order valence-corrected chi connectivity index (χ3v) is 4.12. The average molecular weight is 261 g/mol. The number of anilines is 1. The van der Waals surface area contributed by atoms with Crippen molar-refractivity contribution in [2.75, 3.05) is 5.73 Å². The first-order valence-corrected chi connectivity index (χ1v) is 6.87. The van der Waals surface area contributed by atoms with Gasteiger partial charge < -0.3 is 11.1 Å². The van der Waals surface area contributed by atoms with Crippen LogP contribution in [0, 0.1) is 6.92 Å². The molecule has 1 aromatic heterocycles. The van der Waals surface area contributed by atoms with E-state index in [1.54, 1.807) is 11.3 Å². The molecule has 0 radical (unpaired) electrons. The molecule has 18 heavy (non-hydrogen) atoms. The number of hydrogen-bond donors (Lipinski definition) is 2. The minimum atomic E-state index is -0.121. The Hall–Kier alpha value is -1.39. The van der Waals surface area contributed by atoms with E-state index in [1.165, 1.54) is 5.56 Å². The van der Waals surface area contributed by atoms with E-state index in [2.05, 4.69) is 35.6 Å². The van der Waals surface area contributed by atoms with E-state index < -0.39 is 0 Å². The number of nitrogens with one attached hydrogen (secondary N) is 1. The maximum Gasteiger partial charge on any atom is 0.112 e. The van der Waals surface area contributed by atoms with Crippen LogP contribution in [0.1, 0.15) is 30.1 Å². The maximum atomic E-state index is 5.77. The molecule has 2 rings (SSSR count). The van der Waals surface area contributed by atoms with Gasteiger partial charge in [0, 0.05) is 23.3 Å². The highest BCUT2D eigenvalue weighted by Crippen LogP contribution is 2.24. The second-order valence-electron chi connectivity index (χ2n) is 5.02. The Morgan fingerprint density at radius 3 is 2.78 bits per heavy atom. The van der Waals surface area contributed by atoms with Crippen molar-refractivity contribution in [3.8, 4) is 0 Å². The Labute approximate surface area is 112 Å². The molecule has 3 nitrogen and oxygen atoms in total. The van der Waals surface area contributed by atoms with E-state index in [0.29, 0.717) is 0 Å². The molecule has 0 amide bonds. The molecule has 1 aromatic carbocycles. The lowest BCUT2D eigenvalue weighted by Crippen LogP contribution is -2.35. The highest BCUT2D eigenvalue weighted by molar-refractivity contribution is 7.09. The van der Waals surface area contributed by atoms with Gasteiger partial charge in [-0.2, -0.15) is 0 Å². The first kappa shape index (κ1) is 13.1. The number of nitrogens with two attached hydrogens (primary N) is 1. The second kappa shape index (κ2) is 5.08. The van der Waals surface area contributed by atoms with Crippen molar-refractivity contribution >= 4 is 17.0 Å². The fourth-order valence-corrected chi connectivity index (χ4v) is 2.64. The fraction of sp³-hybridized carbons (Fsp3) is 0.357. The summed E-state index contributed by atoms with van der Waals surface area (Å²) >= 11 is 1.70. The third kappa shape index (κ3) is 3.09. The number of nitrogens with zero attached hydrogens (tertiary/aromatic N) is 1. The van der Waals surface area contributed by atoms with Gasteiger partial charge >= 0.3 is 0 Å². The molecule has 0 saturated heterocycles. The zero-order valence-electron chi connectivity index (χ0n) is 11.0. The molecule has 0 aliphatic rings. The highest BCUT2D eigenvalue weighted by Gasteiger charge is 2.22. The van der Waals surface area contributed by atoms with E-state index >= 15 is 0 Å². The largest absolute Gasteiger partial charge is 0.399 e. The van der Waals surface area contributed by atoms with Crippen LogP contribution in [0.3, 0.4) is 0 Å². The Balaban J connectivity index is 2.05. The number of aryl methyl sites for hydroxylation is 1. The highest BCUT2D eigenvalue weighted by atomic mass is 32.1. The minimum absolute atomic E-state index is 0.121. The zero-order chi connectivity index (χ0) is 13.2. The number of benzene rings is 1. The standard InChI is InChI=1S/C14H19N3S/c1-10-9-18-13(17-10)14(2,3)16-8-11-5-4-6-12(15)7-11/h4-7,9,16H,8,15H2,1-3H3. The summed E-state index contributed by atoms with van der Waals surface area (Å²) in [6, 6.07) is 7.95. The molecule has 0 spiro atoms. The number of hydrogen-bond acceptors (Lipinski definition) is 4. The quantitative estimate of drug-likeness (QED) is 0.832. The van der Waals surface area contributed by atoms with Crippen molar-refractivity contribution in [2.45, 2.75) is 32.9 Å². The van der Waals surface area contributed by atoms with Gasteiger partial charge in [-0.05, 0) is 38.5 Å². The Morgan fingerprint density at radius 1 is 1.39 bits per heavy atom. The molecule has 4 heteroatoms. The maximum absolute atomic E-state index is 5.77. The number of rotatable bonds is 4. The molecule has 0 bridgehead atoms. The van der Waals surface area contributed by atoms with Crippen molar-refractivity contribution in [2.24, 2.45) is 0 Å². The van der Waals surface area contributed by atoms with Crippen LogP contribution in [0.25, 0.3) is 0 Å². The van der Waals surface area contributed by atoms with Crippen LogP contribution in [0.4, 0.5) is 5.69 Å². The lowest BCUT2D eigenvalue weighted by molar-refractivity contribution is 0.399. The monoisotopic (exact) mass is 261 g/mol. The molecule has 0 fully saturated rings. The van der Waals surface area contributed by atoms with Crippen molar-refractivity contribution < 1.29 is 0 Å². The predicted octanol–water partition coefficient (Wildman–Crippen LogP) is 3.06. The molecular weight excluding hydrogens is 242 g/mol. The molecule has 0 aliphatic carbocycles. The van der Waals surface area contributed by atoms with Gasteiger partial charge in [0.05, 0.1) is 5.54 Å². The van der Waals surface area contributed by atoms with E-state index in [1.807, 2.05) is 25.1 Å². The molecule has 3 N–H and O–H groups in total. The lowest BCUT2D eigenvalue weighted by atomic mass is 10.1. The normalized spacial score (nSPS) is 11.7. The first-order valence-electron chi connectivity index (χ1n) is 5.99. The van der Waals surface area contributed by atoms with Gasteiger partial charge in [0.15, 0.2) is 0 Å². The molecule has 2 aromatic rings. The Bertz CT molecular complexity index is 531. The second-order valence-corrected chi connectivity index (χ2v) is 5.88.